The summed E-state index contributed by atoms with van der Waals surface area (Å²) in [7, 11) is 3.30. The lowest BCUT2D eigenvalue weighted by atomic mass is 10.1. The van der Waals surface area contributed by atoms with E-state index in [1.807, 2.05) is 25.1 Å². The van der Waals surface area contributed by atoms with Crippen molar-refractivity contribution in [2.24, 2.45) is 0 Å². The van der Waals surface area contributed by atoms with Crippen LogP contribution in [0.1, 0.15) is 24.9 Å². The first-order valence-electron chi connectivity index (χ1n) is 6.18. The fraction of sp³-hybridized carbons (Fsp3) is 0.400. The average Bonchev–Trinajstić information content (AvgIpc) is 2.37. The first kappa shape index (κ1) is 12.7. The van der Waals surface area contributed by atoms with Gasteiger partial charge in [-0.3, -0.25) is 0 Å². The van der Waals surface area contributed by atoms with Crippen LogP contribution in [-0.4, -0.2) is 14.2 Å². The van der Waals surface area contributed by atoms with Gasteiger partial charge in [0, 0.05) is 17.5 Å². The van der Waals surface area contributed by atoms with Crippen LogP contribution >= 0.6 is 0 Å². The van der Waals surface area contributed by atoms with Gasteiger partial charge in [0.2, 0.25) is 0 Å². The van der Waals surface area contributed by atoms with Crippen LogP contribution in [0.4, 0.5) is 0 Å². The summed E-state index contributed by atoms with van der Waals surface area (Å²) in [5, 5.41) is 2.22. The molecule has 2 aromatic rings. The van der Waals surface area contributed by atoms with Gasteiger partial charge in [0.1, 0.15) is 0 Å². The highest BCUT2D eigenvalue weighted by molar-refractivity contribution is 5.87. The van der Waals surface area contributed by atoms with Gasteiger partial charge in [-0.05, 0) is 12.5 Å². The topological polar surface area (TPSA) is 29.8 Å². The Kier molecular flexibility index (Phi) is 3.70. The predicted octanol–water partition coefficient (Wildman–Crippen LogP) is 3.99. The minimum Gasteiger partial charge on any atom is -0.493 e. The first-order chi connectivity index (χ1) is 8.69. The van der Waals surface area contributed by atoms with Crippen molar-refractivity contribution < 1.29 is 13.9 Å². The van der Waals surface area contributed by atoms with E-state index in [1.165, 1.54) is 0 Å². The molecule has 96 valence electrons. The first-order valence-corrected chi connectivity index (χ1v) is 6.18. The Balaban J connectivity index is 2.70. The number of ether oxygens (including phenoxy) is 2. The van der Waals surface area contributed by atoms with Crippen molar-refractivity contribution >= 4 is 10.8 Å². The summed E-state index contributed by atoms with van der Waals surface area (Å²) in [6, 6.07) is 6.01. The molecule has 0 saturated carbocycles. The molecule has 0 saturated heterocycles. The van der Waals surface area contributed by atoms with Gasteiger partial charge in [-0.15, -0.1) is 0 Å². The quantitative estimate of drug-likeness (QED) is 0.765. The van der Waals surface area contributed by atoms with E-state index < -0.39 is 0 Å². The van der Waals surface area contributed by atoms with Crippen molar-refractivity contribution in [3.63, 3.8) is 0 Å². The largest absolute Gasteiger partial charge is 0.493 e. The highest BCUT2D eigenvalue weighted by Crippen LogP contribution is 2.34. The van der Waals surface area contributed by atoms with E-state index in [0.29, 0.717) is 0 Å². The molecule has 18 heavy (non-hydrogen) atoms. The number of aryl methyl sites for hydroxylation is 2. The molecule has 0 atom stereocenters. The van der Waals surface area contributed by atoms with E-state index in [0.717, 1.165) is 46.6 Å². The third kappa shape index (κ3) is 2.26. The van der Waals surface area contributed by atoms with Crippen molar-refractivity contribution in [2.75, 3.05) is 14.2 Å². The van der Waals surface area contributed by atoms with Gasteiger partial charge in [0.05, 0.1) is 33.0 Å². The molecule has 0 fully saturated rings. The zero-order chi connectivity index (χ0) is 13.1. The van der Waals surface area contributed by atoms with Crippen LogP contribution in [0.3, 0.4) is 0 Å². The molecule has 0 amide bonds. The van der Waals surface area contributed by atoms with Crippen LogP contribution in [0.2, 0.25) is 0 Å². The fourth-order valence-corrected chi connectivity index (χ4v) is 2.17. The molecule has 1 aromatic carbocycles. The van der Waals surface area contributed by atoms with Gasteiger partial charge in [-0.1, -0.05) is 6.92 Å². The van der Waals surface area contributed by atoms with Crippen LogP contribution in [0.15, 0.2) is 22.6 Å². The van der Waals surface area contributed by atoms with Gasteiger partial charge >= 0.3 is 11.5 Å². The molecular formula is C15H19O3+. The molecule has 0 aliphatic rings. The summed E-state index contributed by atoms with van der Waals surface area (Å²) >= 11 is 0. The zero-order valence-electron chi connectivity index (χ0n) is 11.4. The Bertz CT molecular complexity index is 561. The van der Waals surface area contributed by atoms with Crippen LogP contribution < -0.4 is 9.47 Å². The molecule has 2 rings (SSSR count). The lowest BCUT2D eigenvalue weighted by Gasteiger charge is -2.08. The SMILES string of the molecule is CCCc1[o+]c(C)cc2cc(OC)c(OC)cc12. The normalized spacial score (nSPS) is 10.7. The Labute approximate surface area is 107 Å². The highest BCUT2D eigenvalue weighted by atomic mass is 16.5. The van der Waals surface area contributed by atoms with Crippen molar-refractivity contribution in [1.29, 1.82) is 0 Å². The van der Waals surface area contributed by atoms with Crippen molar-refractivity contribution in [1.82, 2.24) is 0 Å². The maximum absolute atomic E-state index is 5.81. The van der Waals surface area contributed by atoms with Crippen molar-refractivity contribution in [2.45, 2.75) is 26.7 Å². The molecule has 0 bridgehead atoms. The maximum Gasteiger partial charge on any atom is 0.337 e. The van der Waals surface area contributed by atoms with E-state index in [9.17, 15) is 0 Å². The summed E-state index contributed by atoms with van der Waals surface area (Å²) < 4.78 is 16.5. The molecule has 0 spiro atoms. The Morgan fingerprint density at radius 3 is 2.33 bits per heavy atom. The molecule has 0 aliphatic carbocycles. The second-order valence-corrected chi connectivity index (χ2v) is 4.32. The molecular weight excluding hydrogens is 228 g/mol. The van der Waals surface area contributed by atoms with E-state index >= 15 is 0 Å². The minimum absolute atomic E-state index is 0.737. The molecule has 1 heterocycles. The number of hydrogen-bond donors (Lipinski definition) is 0. The van der Waals surface area contributed by atoms with Gasteiger partial charge in [0.15, 0.2) is 11.5 Å². The number of hydrogen-bond acceptors (Lipinski definition) is 2. The second kappa shape index (κ2) is 5.25. The number of methoxy groups -OCH3 is 2. The molecule has 1 aromatic heterocycles. The molecule has 3 heteroatoms. The van der Waals surface area contributed by atoms with Gasteiger partial charge < -0.3 is 9.47 Å². The second-order valence-electron chi connectivity index (χ2n) is 4.32. The minimum atomic E-state index is 0.737. The van der Waals surface area contributed by atoms with E-state index in [-0.39, 0.29) is 0 Å². The molecule has 0 aliphatic heterocycles. The van der Waals surface area contributed by atoms with Gasteiger partial charge in [-0.2, -0.15) is 0 Å². The van der Waals surface area contributed by atoms with E-state index in [2.05, 4.69) is 6.92 Å². The molecule has 3 nitrogen and oxygen atoms in total. The standard InChI is InChI=1S/C15H19O3/c1-5-6-13-12-9-15(17-4)14(16-3)8-11(12)7-10(2)18-13/h7-9H,5-6H2,1-4H3/q+1. The Morgan fingerprint density at radius 2 is 1.72 bits per heavy atom. The summed E-state index contributed by atoms with van der Waals surface area (Å²) in [5.74, 6) is 3.41. The summed E-state index contributed by atoms with van der Waals surface area (Å²) in [4.78, 5) is 0. The molecule has 0 unspecified atom stereocenters. The predicted molar refractivity (Wildman–Crippen MR) is 72.5 cm³/mol. The van der Waals surface area contributed by atoms with Crippen molar-refractivity contribution in [3.05, 3.63) is 29.7 Å². The van der Waals surface area contributed by atoms with Gasteiger partial charge in [-0.25, -0.2) is 4.42 Å². The summed E-state index contributed by atoms with van der Waals surface area (Å²) in [5.41, 5.74) is 0. The smallest absolute Gasteiger partial charge is 0.337 e. The molecule has 0 N–H and O–H groups in total. The lowest BCUT2D eigenvalue weighted by molar-refractivity contribution is 0.355. The third-order valence-electron chi connectivity index (χ3n) is 2.98. The van der Waals surface area contributed by atoms with Crippen molar-refractivity contribution in [3.8, 4) is 11.5 Å². The maximum atomic E-state index is 5.81. The average molecular weight is 247 g/mol. The van der Waals surface area contributed by atoms with Crippen LogP contribution in [0, 0.1) is 6.92 Å². The van der Waals surface area contributed by atoms with E-state index in [4.69, 9.17) is 13.9 Å². The van der Waals surface area contributed by atoms with E-state index in [1.54, 1.807) is 14.2 Å². The van der Waals surface area contributed by atoms with Crippen LogP contribution in [-0.2, 0) is 6.42 Å². The fourth-order valence-electron chi connectivity index (χ4n) is 2.17. The molecule has 0 radical (unpaired) electrons. The number of benzene rings is 1. The third-order valence-corrected chi connectivity index (χ3v) is 2.98. The van der Waals surface area contributed by atoms with Crippen LogP contribution in [0.5, 0.6) is 11.5 Å². The number of fused-ring (bicyclic) bond motifs is 1. The van der Waals surface area contributed by atoms with Crippen LogP contribution in [0.25, 0.3) is 10.8 Å². The highest BCUT2D eigenvalue weighted by Gasteiger charge is 2.18. The Morgan fingerprint density at radius 1 is 1.06 bits per heavy atom. The van der Waals surface area contributed by atoms with Gasteiger partial charge in [0.25, 0.3) is 0 Å². The number of rotatable bonds is 4. The summed E-state index contributed by atoms with van der Waals surface area (Å²) in [6.45, 7) is 4.11. The summed E-state index contributed by atoms with van der Waals surface area (Å²) in [6.07, 6.45) is 1.98. The lowest BCUT2D eigenvalue weighted by Crippen LogP contribution is -1.93. The Hall–Kier alpha value is -1.77. The zero-order valence-corrected chi connectivity index (χ0v) is 11.4. The monoisotopic (exact) mass is 247 g/mol.